The fraction of sp³-hybridized carbons (Fsp3) is 0.462. The smallest absolute Gasteiger partial charge is 0.143 e. The van der Waals surface area contributed by atoms with E-state index in [-0.39, 0.29) is 5.60 Å². The molecule has 1 aromatic rings. The number of fused-ring (bicyclic) bond motifs is 1. The Morgan fingerprint density at radius 2 is 2.19 bits per heavy atom. The van der Waals surface area contributed by atoms with Crippen molar-refractivity contribution in [2.24, 2.45) is 0 Å². The van der Waals surface area contributed by atoms with Crippen LogP contribution in [0.25, 0.3) is 0 Å². The van der Waals surface area contributed by atoms with Crippen LogP contribution in [0.2, 0.25) is 0 Å². The summed E-state index contributed by atoms with van der Waals surface area (Å²) >= 11 is 0. The molecule has 0 atom stereocenters. The minimum Gasteiger partial charge on any atom is -0.484 e. The molecule has 1 aliphatic rings. The Hall–Kier alpha value is -1.69. The Kier molecular flexibility index (Phi) is 2.74. The SMILES string of the molecule is CC1(C)CN(CCC#N)c2ccccc2O1. The molecule has 1 aromatic carbocycles. The van der Waals surface area contributed by atoms with E-state index in [4.69, 9.17) is 10.00 Å². The molecule has 0 unspecified atom stereocenters. The molecule has 0 fully saturated rings. The predicted octanol–water partition coefficient (Wildman–Crippen LogP) is 2.58. The maximum Gasteiger partial charge on any atom is 0.143 e. The summed E-state index contributed by atoms with van der Waals surface area (Å²) in [6, 6.07) is 10.2. The maximum absolute atomic E-state index is 8.67. The largest absolute Gasteiger partial charge is 0.484 e. The fourth-order valence-corrected chi connectivity index (χ4v) is 2.06. The first-order valence-electron chi connectivity index (χ1n) is 5.52. The number of benzene rings is 1. The number of nitriles is 1. The van der Waals surface area contributed by atoms with Crippen molar-refractivity contribution in [3.63, 3.8) is 0 Å². The minimum absolute atomic E-state index is 0.191. The van der Waals surface area contributed by atoms with E-state index in [1.165, 1.54) is 0 Å². The van der Waals surface area contributed by atoms with Gasteiger partial charge in [-0.3, -0.25) is 0 Å². The van der Waals surface area contributed by atoms with Gasteiger partial charge in [0.05, 0.1) is 24.7 Å². The Labute approximate surface area is 96.2 Å². The molecule has 0 saturated carbocycles. The van der Waals surface area contributed by atoms with Gasteiger partial charge in [0.1, 0.15) is 11.4 Å². The number of hydrogen-bond donors (Lipinski definition) is 0. The van der Waals surface area contributed by atoms with Gasteiger partial charge in [-0.05, 0) is 26.0 Å². The van der Waals surface area contributed by atoms with Gasteiger partial charge in [-0.2, -0.15) is 5.26 Å². The molecule has 2 rings (SSSR count). The average molecular weight is 216 g/mol. The zero-order valence-electron chi connectivity index (χ0n) is 9.73. The predicted molar refractivity (Wildman–Crippen MR) is 63.6 cm³/mol. The zero-order chi connectivity index (χ0) is 11.6. The summed E-state index contributed by atoms with van der Waals surface area (Å²) in [5.74, 6) is 0.914. The molecule has 0 saturated heterocycles. The summed E-state index contributed by atoms with van der Waals surface area (Å²) in [5.41, 5.74) is 0.904. The first kappa shape index (κ1) is 10.8. The zero-order valence-corrected chi connectivity index (χ0v) is 9.73. The van der Waals surface area contributed by atoms with Crippen molar-refractivity contribution in [1.82, 2.24) is 0 Å². The van der Waals surface area contributed by atoms with Crippen molar-refractivity contribution in [1.29, 1.82) is 5.26 Å². The van der Waals surface area contributed by atoms with Crippen LogP contribution in [0, 0.1) is 11.3 Å². The lowest BCUT2D eigenvalue weighted by Crippen LogP contribution is -2.47. The molecule has 0 bridgehead atoms. The van der Waals surface area contributed by atoms with E-state index in [1.807, 2.05) is 24.3 Å². The lowest BCUT2D eigenvalue weighted by molar-refractivity contribution is 0.105. The van der Waals surface area contributed by atoms with Gasteiger partial charge in [0, 0.05) is 6.54 Å². The standard InChI is InChI=1S/C13H16N2O/c1-13(2)10-15(9-5-8-14)11-6-3-4-7-12(11)16-13/h3-4,6-7H,5,9-10H2,1-2H3. The van der Waals surface area contributed by atoms with Crippen LogP contribution in [-0.2, 0) is 0 Å². The summed E-state index contributed by atoms with van der Waals surface area (Å²) in [6.45, 7) is 5.73. The van der Waals surface area contributed by atoms with E-state index >= 15 is 0 Å². The Bertz CT molecular complexity index is 420. The molecule has 0 aliphatic carbocycles. The second-order valence-electron chi connectivity index (χ2n) is 4.66. The highest BCUT2D eigenvalue weighted by atomic mass is 16.5. The van der Waals surface area contributed by atoms with Crippen LogP contribution in [-0.4, -0.2) is 18.7 Å². The highest BCUT2D eigenvalue weighted by Gasteiger charge is 2.30. The molecular formula is C13H16N2O. The number of nitrogens with zero attached hydrogens (tertiary/aromatic N) is 2. The van der Waals surface area contributed by atoms with Gasteiger partial charge in [0.25, 0.3) is 0 Å². The molecule has 3 heteroatoms. The van der Waals surface area contributed by atoms with Crippen LogP contribution < -0.4 is 9.64 Å². The van der Waals surface area contributed by atoms with Gasteiger partial charge in [-0.25, -0.2) is 0 Å². The van der Waals surface area contributed by atoms with Crippen LogP contribution in [0.3, 0.4) is 0 Å². The quantitative estimate of drug-likeness (QED) is 0.762. The van der Waals surface area contributed by atoms with Crippen molar-refractivity contribution in [2.75, 3.05) is 18.0 Å². The molecule has 84 valence electrons. The maximum atomic E-state index is 8.67. The lowest BCUT2D eigenvalue weighted by atomic mass is 10.0. The van der Waals surface area contributed by atoms with Crippen molar-refractivity contribution < 1.29 is 4.74 Å². The molecule has 1 heterocycles. The van der Waals surface area contributed by atoms with Crippen LogP contribution in [0.15, 0.2) is 24.3 Å². The van der Waals surface area contributed by atoms with Gasteiger partial charge in [-0.15, -0.1) is 0 Å². The van der Waals surface area contributed by atoms with Gasteiger partial charge in [-0.1, -0.05) is 12.1 Å². The summed E-state index contributed by atoms with van der Waals surface area (Å²) in [5, 5.41) is 8.67. The number of rotatable bonds is 2. The number of anilines is 1. The Morgan fingerprint density at radius 3 is 2.94 bits per heavy atom. The normalized spacial score (nSPS) is 17.2. The van der Waals surface area contributed by atoms with Gasteiger partial charge < -0.3 is 9.64 Å². The first-order valence-corrected chi connectivity index (χ1v) is 5.52. The van der Waals surface area contributed by atoms with Crippen LogP contribution in [0.5, 0.6) is 5.75 Å². The van der Waals surface area contributed by atoms with E-state index in [0.29, 0.717) is 6.42 Å². The molecule has 1 aliphatic heterocycles. The van der Waals surface area contributed by atoms with Crippen LogP contribution >= 0.6 is 0 Å². The molecular weight excluding hydrogens is 200 g/mol. The molecule has 0 N–H and O–H groups in total. The highest BCUT2D eigenvalue weighted by molar-refractivity contribution is 5.60. The second kappa shape index (κ2) is 4.05. The summed E-state index contributed by atoms with van der Waals surface area (Å²) in [4.78, 5) is 2.22. The van der Waals surface area contributed by atoms with Crippen LogP contribution in [0.1, 0.15) is 20.3 Å². The van der Waals surface area contributed by atoms with Gasteiger partial charge in [0.2, 0.25) is 0 Å². The summed E-state index contributed by atoms with van der Waals surface area (Å²) < 4.78 is 5.90. The monoisotopic (exact) mass is 216 g/mol. The molecule has 0 aromatic heterocycles. The van der Waals surface area contributed by atoms with Crippen molar-refractivity contribution in [3.8, 4) is 11.8 Å². The highest BCUT2D eigenvalue weighted by Crippen LogP contribution is 2.36. The van der Waals surface area contributed by atoms with E-state index < -0.39 is 0 Å². The van der Waals surface area contributed by atoms with E-state index in [1.54, 1.807) is 0 Å². The molecule has 3 nitrogen and oxygen atoms in total. The lowest BCUT2D eigenvalue weighted by Gasteiger charge is -2.40. The first-order chi connectivity index (χ1) is 7.62. The third kappa shape index (κ3) is 2.11. The van der Waals surface area contributed by atoms with E-state index in [9.17, 15) is 0 Å². The molecule has 0 amide bonds. The minimum atomic E-state index is -0.191. The van der Waals surface area contributed by atoms with Gasteiger partial charge in [0.15, 0.2) is 0 Å². The second-order valence-corrected chi connectivity index (χ2v) is 4.66. The Morgan fingerprint density at radius 1 is 1.44 bits per heavy atom. The molecule has 0 spiro atoms. The Balaban J connectivity index is 2.29. The summed E-state index contributed by atoms with van der Waals surface area (Å²) in [6.07, 6.45) is 0.546. The van der Waals surface area contributed by atoms with Crippen molar-refractivity contribution in [2.45, 2.75) is 25.9 Å². The topological polar surface area (TPSA) is 36.3 Å². The number of ether oxygens (including phenoxy) is 1. The average Bonchev–Trinajstić information content (AvgIpc) is 2.24. The summed E-state index contributed by atoms with van der Waals surface area (Å²) in [7, 11) is 0. The number of para-hydroxylation sites is 2. The van der Waals surface area contributed by atoms with Crippen molar-refractivity contribution >= 4 is 5.69 Å². The van der Waals surface area contributed by atoms with E-state index in [2.05, 4.69) is 24.8 Å². The molecule has 0 radical (unpaired) electrons. The van der Waals surface area contributed by atoms with Gasteiger partial charge >= 0.3 is 0 Å². The molecule has 16 heavy (non-hydrogen) atoms. The van der Waals surface area contributed by atoms with Crippen molar-refractivity contribution in [3.05, 3.63) is 24.3 Å². The third-order valence-electron chi connectivity index (χ3n) is 2.66. The fourth-order valence-electron chi connectivity index (χ4n) is 2.06. The third-order valence-corrected chi connectivity index (χ3v) is 2.66. The van der Waals surface area contributed by atoms with Crippen LogP contribution in [0.4, 0.5) is 5.69 Å². The number of hydrogen-bond acceptors (Lipinski definition) is 3. The van der Waals surface area contributed by atoms with E-state index in [0.717, 1.165) is 24.5 Å².